The summed E-state index contributed by atoms with van der Waals surface area (Å²) in [6.45, 7) is 2.07. The normalized spacial score (nSPS) is 29.9. The Hall–Kier alpha value is -1.02. The number of sulfone groups is 1. The van der Waals surface area contributed by atoms with Crippen LogP contribution in [0.5, 0.6) is 0 Å². The zero-order chi connectivity index (χ0) is 14.0. The van der Waals surface area contributed by atoms with E-state index in [1.165, 1.54) is 17.3 Å². The van der Waals surface area contributed by atoms with Crippen molar-refractivity contribution in [1.82, 2.24) is 9.99 Å². The highest BCUT2D eigenvalue weighted by Gasteiger charge is 2.38. The lowest BCUT2D eigenvalue weighted by atomic mass is 10.1. The molecule has 2 rings (SSSR count). The first-order valence-electron chi connectivity index (χ1n) is 6.27. The molecule has 1 aliphatic rings. The molecule has 106 valence electrons. The summed E-state index contributed by atoms with van der Waals surface area (Å²) >= 11 is 0. The van der Waals surface area contributed by atoms with E-state index in [4.69, 9.17) is 5.84 Å². The summed E-state index contributed by atoms with van der Waals surface area (Å²) in [4.78, 5) is 3.88. The van der Waals surface area contributed by atoms with E-state index in [-0.39, 0.29) is 17.6 Å². The highest BCUT2D eigenvalue weighted by atomic mass is 32.2. The molecule has 1 aromatic heterocycles. The maximum Gasteiger partial charge on any atom is 0.201 e. The minimum Gasteiger partial charge on any atom is -0.390 e. The molecule has 3 atom stereocenters. The molecule has 6 nitrogen and oxygen atoms in total. The predicted octanol–water partition coefficient (Wildman–Crippen LogP) is -0.0572. The standard InChI is InChI=1S/C12H19N3O3S/c1-9-5-6-11(10(16)8-15(9)13)19(17,18)12-4-2-3-7-14-12/h2-4,7,9-11,16H,5-6,8,13H2,1H3/t9-,10+,11+/m1/s1. The summed E-state index contributed by atoms with van der Waals surface area (Å²) in [7, 11) is -3.62. The van der Waals surface area contributed by atoms with E-state index in [2.05, 4.69) is 4.98 Å². The second-order valence-electron chi connectivity index (χ2n) is 4.94. The van der Waals surface area contributed by atoms with Crippen LogP contribution in [0, 0.1) is 0 Å². The van der Waals surface area contributed by atoms with Crippen molar-refractivity contribution in [2.24, 2.45) is 5.84 Å². The van der Waals surface area contributed by atoms with Gasteiger partial charge in [-0.05, 0) is 31.9 Å². The fourth-order valence-electron chi connectivity index (χ4n) is 2.31. The summed E-state index contributed by atoms with van der Waals surface area (Å²) in [5, 5.41) is 10.8. The number of hydrogen-bond donors (Lipinski definition) is 2. The zero-order valence-electron chi connectivity index (χ0n) is 10.8. The van der Waals surface area contributed by atoms with Gasteiger partial charge in [-0.3, -0.25) is 5.84 Å². The third kappa shape index (κ3) is 2.94. The van der Waals surface area contributed by atoms with Crippen molar-refractivity contribution >= 4 is 9.84 Å². The molecule has 0 aliphatic carbocycles. The molecule has 19 heavy (non-hydrogen) atoms. The summed E-state index contributed by atoms with van der Waals surface area (Å²) in [5.41, 5.74) is 0. The molecule has 0 radical (unpaired) electrons. The topological polar surface area (TPSA) is 96.5 Å². The van der Waals surface area contributed by atoms with Crippen molar-refractivity contribution in [1.29, 1.82) is 0 Å². The first-order chi connectivity index (χ1) is 8.93. The number of aliphatic hydroxyl groups is 1. The van der Waals surface area contributed by atoms with Gasteiger partial charge in [0.2, 0.25) is 9.84 Å². The number of aliphatic hydroxyl groups excluding tert-OH is 1. The van der Waals surface area contributed by atoms with E-state index >= 15 is 0 Å². The molecule has 1 fully saturated rings. The third-order valence-electron chi connectivity index (χ3n) is 3.59. The van der Waals surface area contributed by atoms with Crippen molar-refractivity contribution in [3.63, 3.8) is 0 Å². The van der Waals surface area contributed by atoms with Crippen LogP contribution < -0.4 is 5.84 Å². The van der Waals surface area contributed by atoms with Crippen LogP contribution in [0.15, 0.2) is 29.4 Å². The molecule has 0 bridgehead atoms. The third-order valence-corrected chi connectivity index (χ3v) is 5.76. The van der Waals surface area contributed by atoms with Crippen LogP contribution >= 0.6 is 0 Å². The van der Waals surface area contributed by atoms with Crippen LogP contribution in [0.4, 0.5) is 0 Å². The Morgan fingerprint density at radius 1 is 1.42 bits per heavy atom. The number of rotatable bonds is 2. The van der Waals surface area contributed by atoms with E-state index in [0.29, 0.717) is 12.8 Å². The number of aromatic nitrogens is 1. The molecular weight excluding hydrogens is 266 g/mol. The average Bonchev–Trinajstić information content (AvgIpc) is 2.51. The number of nitrogens with two attached hydrogens (primary N) is 1. The smallest absolute Gasteiger partial charge is 0.201 e. The average molecular weight is 285 g/mol. The second-order valence-corrected chi connectivity index (χ2v) is 7.06. The minimum absolute atomic E-state index is 0.0113. The van der Waals surface area contributed by atoms with Crippen molar-refractivity contribution in [3.05, 3.63) is 24.4 Å². The van der Waals surface area contributed by atoms with E-state index in [1.54, 1.807) is 12.1 Å². The molecule has 2 heterocycles. The molecule has 3 N–H and O–H groups in total. The van der Waals surface area contributed by atoms with E-state index in [9.17, 15) is 13.5 Å². The van der Waals surface area contributed by atoms with Crippen LogP contribution in [0.1, 0.15) is 19.8 Å². The lowest BCUT2D eigenvalue weighted by molar-refractivity contribution is 0.107. The van der Waals surface area contributed by atoms with Gasteiger partial charge in [0, 0.05) is 18.8 Å². The zero-order valence-corrected chi connectivity index (χ0v) is 11.6. The minimum atomic E-state index is -3.62. The summed E-state index contributed by atoms with van der Waals surface area (Å²) < 4.78 is 25.0. The summed E-state index contributed by atoms with van der Waals surface area (Å²) in [6.07, 6.45) is 1.45. The number of hydrazine groups is 1. The van der Waals surface area contributed by atoms with Gasteiger partial charge in [-0.2, -0.15) is 0 Å². The Kier molecular flexibility index (Phi) is 4.19. The van der Waals surface area contributed by atoms with Crippen LogP contribution in [-0.4, -0.2) is 47.5 Å². The Morgan fingerprint density at radius 2 is 2.16 bits per heavy atom. The Balaban J connectivity index is 2.30. The fourth-order valence-corrected chi connectivity index (χ4v) is 4.04. The molecular formula is C12H19N3O3S. The second kappa shape index (κ2) is 5.54. The van der Waals surface area contributed by atoms with Crippen molar-refractivity contribution in [2.45, 2.75) is 42.2 Å². The Bertz CT molecular complexity index is 520. The van der Waals surface area contributed by atoms with Crippen LogP contribution in [0.3, 0.4) is 0 Å². The van der Waals surface area contributed by atoms with Gasteiger partial charge in [0.05, 0.1) is 11.4 Å². The van der Waals surface area contributed by atoms with Crippen LogP contribution in [0.25, 0.3) is 0 Å². The van der Waals surface area contributed by atoms with Crippen LogP contribution in [0.2, 0.25) is 0 Å². The lowest BCUT2D eigenvalue weighted by Gasteiger charge is -2.23. The van der Waals surface area contributed by atoms with Crippen LogP contribution in [-0.2, 0) is 9.84 Å². The van der Waals surface area contributed by atoms with Crippen molar-refractivity contribution in [3.8, 4) is 0 Å². The number of β-amino-alcohol motifs (C(OH)–C–C–N with tert-alkyl or cyclic N) is 1. The molecule has 0 amide bonds. The predicted molar refractivity (Wildman–Crippen MR) is 70.8 cm³/mol. The van der Waals surface area contributed by atoms with Gasteiger partial charge in [0.1, 0.15) is 0 Å². The van der Waals surface area contributed by atoms with Gasteiger partial charge in [-0.15, -0.1) is 0 Å². The molecule has 0 unspecified atom stereocenters. The largest absolute Gasteiger partial charge is 0.390 e. The number of hydrogen-bond acceptors (Lipinski definition) is 6. The molecule has 7 heteroatoms. The first-order valence-corrected chi connectivity index (χ1v) is 7.82. The quantitative estimate of drug-likeness (QED) is 0.739. The molecule has 1 aliphatic heterocycles. The van der Waals surface area contributed by atoms with Crippen molar-refractivity contribution < 1.29 is 13.5 Å². The Morgan fingerprint density at radius 3 is 2.79 bits per heavy atom. The highest BCUT2D eigenvalue weighted by molar-refractivity contribution is 7.92. The summed E-state index contributed by atoms with van der Waals surface area (Å²) in [6, 6.07) is 4.79. The number of pyridine rings is 1. The molecule has 0 saturated carbocycles. The molecule has 1 saturated heterocycles. The number of nitrogens with zero attached hydrogens (tertiary/aromatic N) is 2. The van der Waals surface area contributed by atoms with Gasteiger partial charge < -0.3 is 5.11 Å². The monoisotopic (exact) mass is 285 g/mol. The van der Waals surface area contributed by atoms with E-state index < -0.39 is 21.2 Å². The highest BCUT2D eigenvalue weighted by Crippen LogP contribution is 2.25. The Labute approximate surface area is 113 Å². The maximum atomic E-state index is 12.5. The molecule has 0 aromatic carbocycles. The van der Waals surface area contributed by atoms with Crippen molar-refractivity contribution in [2.75, 3.05) is 6.54 Å². The fraction of sp³-hybridized carbons (Fsp3) is 0.583. The first kappa shape index (κ1) is 14.4. The summed E-state index contributed by atoms with van der Waals surface area (Å²) in [5.74, 6) is 5.78. The molecule has 0 spiro atoms. The van der Waals surface area contributed by atoms with Gasteiger partial charge in [0.15, 0.2) is 5.03 Å². The van der Waals surface area contributed by atoms with Gasteiger partial charge in [-0.25, -0.2) is 18.4 Å². The van der Waals surface area contributed by atoms with E-state index in [0.717, 1.165) is 0 Å². The van der Waals surface area contributed by atoms with Gasteiger partial charge in [-0.1, -0.05) is 6.07 Å². The van der Waals surface area contributed by atoms with Gasteiger partial charge >= 0.3 is 0 Å². The molecule has 1 aromatic rings. The van der Waals surface area contributed by atoms with Gasteiger partial charge in [0.25, 0.3) is 0 Å². The SMILES string of the molecule is C[C@@H]1CC[C@H](S(=O)(=O)c2ccccn2)[C@@H](O)CN1N. The van der Waals surface area contributed by atoms with E-state index in [1.807, 2.05) is 6.92 Å². The lowest BCUT2D eigenvalue weighted by Crippen LogP contribution is -2.45. The maximum absolute atomic E-state index is 12.5.